The maximum atomic E-state index is 8.80. The van der Waals surface area contributed by atoms with Gasteiger partial charge in [-0.05, 0) is 25.0 Å². The molecule has 1 N–H and O–H groups in total. The summed E-state index contributed by atoms with van der Waals surface area (Å²) in [5.74, 6) is 0. The van der Waals surface area contributed by atoms with E-state index in [9.17, 15) is 0 Å². The molecule has 1 rings (SSSR count). The maximum absolute atomic E-state index is 8.80. The van der Waals surface area contributed by atoms with E-state index in [4.69, 9.17) is 5.26 Å². The number of nitriles is 1. The van der Waals surface area contributed by atoms with Crippen LogP contribution in [0.1, 0.15) is 51.6 Å². The van der Waals surface area contributed by atoms with Crippen LogP contribution in [0.5, 0.6) is 0 Å². The molecule has 0 saturated heterocycles. The Labute approximate surface area is 104 Å². The Morgan fingerprint density at radius 3 is 2.82 bits per heavy atom. The van der Waals surface area contributed by atoms with Crippen molar-refractivity contribution in [1.82, 2.24) is 4.98 Å². The van der Waals surface area contributed by atoms with Gasteiger partial charge in [-0.25, -0.2) is 4.98 Å². The van der Waals surface area contributed by atoms with Crippen LogP contribution in [0.25, 0.3) is 0 Å². The molecule has 0 amide bonds. The zero-order valence-electron chi connectivity index (χ0n) is 10.7. The van der Waals surface area contributed by atoms with Crippen molar-refractivity contribution in [1.29, 1.82) is 5.26 Å². The summed E-state index contributed by atoms with van der Waals surface area (Å²) in [4.78, 5) is 3.97. The summed E-state index contributed by atoms with van der Waals surface area (Å²) in [7, 11) is 0. The molecule has 0 radical (unpaired) electrons. The Morgan fingerprint density at radius 1 is 1.35 bits per heavy atom. The summed E-state index contributed by atoms with van der Waals surface area (Å²) < 4.78 is 0. The predicted molar refractivity (Wildman–Crippen MR) is 70.8 cm³/mol. The molecule has 1 aromatic rings. The first-order valence-electron chi connectivity index (χ1n) is 6.42. The molecule has 0 aliphatic rings. The summed E-state index contributed by atoms with van der Waals surface area (Å²) in [5, 5.41) is 12.3. The van der Waals surface area contributed by atoms with Gasteiger partial charge in [0.15, 0.2) is 0 Å². The Hall–Kier alpha value is -1.56. The maximum Gasteiger partial charge on any atom is 0.142 e. The molecular weight excluding hydrogens is 210 g/mol. The number of hydrogen-bond acceptors (Lipinski definition) is 3. The Kier molecular flexibility index (Phi) is 6.09. The molecule has 1 heterocycles. The number of pyridine rings is 1. The van der Waals surface area contributed by atoms with Crippen LogP contribution in [0.4, 0.5) is 5.69 Å². The fraction of sp³-hybridized carbons (Fsp3) is 0.571. The van der Waals surface area contributed by atoms with Crippen LogP contribution in [0, 0.1) is 11.3 Å². The summed E-state index contributed by atoms with van der Waals surface area (Å²) in [6.07, 6.45) is 7.69. The Bertz CT molecular complexity index is 368. The van der Waals surface area contributed by atoms with Crippen molar-refractivity contribution in [2.45, 2.75) is 52.0 Å². The lowest BCUT2D eigenvalue weighted by Gasteiger charge is -2.19. The van der Waals surface area contributed by atoms with Gasteiger partial charge in [-0.15, -0.1) is 0 Å². The normalized spacial score (nSPS) is 11.8. The van der Waals surface area contributed by atoms with Gasteiger partial charge in [-0.1, -0.05) is 33.1 Å². The van der Waals surface area contributed by atoms with E-state index in [1.807, 2.05) is 12.1 Å². The number of rotatable bonds is 7. The number of unbranched alkanes of at least 4 members (excludes halogenated alkanes) is 1. The summed E-state index contributed by atoms with van der Waals surface area (Å²) in [6, 6.07) is 6.31. The highest BCUT2D eigenvalue weighted by molar-refractivity contribution is 5.46. The van der Waals surface area contributed by atoms with Crippen molar-refractivity contribution in [3.05, 3.63) is 24.0 Å². The van der Waals surface area contributed by atoms with Gasteiger partial charge in [-0.3, -0.25) is 0 Å². The number of hydrogen-bond donors (Lipinski definition) is 1. The molecule has 3 heteroatoms. The SMILES string of the molecule is CCCCC(CCC)Nc1ccnc(C#N)c1. The molecule has 0 aliphatic carbocycles. The monoisotopic (exact) mass is 231 g/mol. The molecule has 3 nitrogen and oxygen atoms in total. The largest absolute Gasteiger partial charge is 0.382 e. The first-order valence-corrected chi connectivity index (χ1v) is 6.42. The van der Waals surface area contributed by atoms with Gasteiger partial charge in [0, 0.05) is 17.9 Å². The molecule has 1 unspecified atom stereocenters. The van der Waals surface area contributed by atoms with Gasteiger partial charge in [0.1, 0.15) is 11.8 Å². The minimum absolute atomic E-state index is 0.473. The molecule has 0 aromatic carbocycles. The van der Waals surface area contributed by atoms with E-state index in [2.05, 4.69) is 30.2 Å². The Morgan fingerprint density at radius 2 is 2.18 bits per heavy atom. The lowest BCUT2D eigenvalue weighted by Crippen LogP contribution is -2.19. The van der Waals surface area contributed by atoms with Gasteiger partial charge >= 0.3 is 0 Å². The lowest BCUT2D eigenvalue weighted by molar-refractivity contribution is 0.564. The molecule has 0 spiro atoms. The van der Waals surface area contributed by atoms with Crippen LogP contribution < -0.4 is 5.32 Å². The number of anilines is 1. The third-order valence-electron chi connectivity index (χ3n) is 2.79. The molecule has 1 atom stereocenters. The zero-order chi connectivity index (χ0) is 12.5. The average Bonchev–Trinajstić information content (AvgIpc) is 2.36. The fourth-order valence-electron chi connectivity index (χ4n) is 1.90. The quantitative estimate of drug-likeness (QED) is 0.778. The molecule has 0 bridgehead atoms. The van der Waals surface area contributed by atoms with Crippen LogP contribution in [0.15, 0.2) is 18.3 Å². The van der Waals surface area contributed by atoms with Crippen LogP contribution >= 0.6 is 0 Å². The molecule has 0 aliphatic heterocycles. The smallest absolute Gasteiger partial charge is 0.142 e. The number of nitrogens with one attached hydrogen (secondary N) is 1. The van der Waals surface area contributed by atoms with E-state index in [0.717, 1.165) is 5.69 Å². The number of nitrogens with zero attached hydrogens (tertiary/aromatic N) is 2. The number of aromatic nitrogens is 1. The van der Waals surface area contributed by atoms with Crippen LogP contribution in [-0.4, -0.2) is 11.0 Å². The van der Waals surface area contributed by atoms with Crippen molar-refractivity contribution in [3.8, 4) is 6.07 Å². The van der Waals surface area contributed by atoms with E-state index >= 15 is 0 Å². The van der Waals surface area contributed by atoms with Crippen molar-refractivity contribution in [2.75, 3.05) is 5.32 Å². The minimum Gasteiger partial charge on any atom is -0.382 e. The standard InChI is InChI=1S/C14H21N3/c1-3-5-7-12(6-4-2)17-13-8-9-16-14(10-13)11-15/h8-10,12H,3-7H2,1-2H3,(H,16,17). The van der Waals surface area contributed by atoms with Crippen molar-refractivity contribution < 1.29 is 0 Å². The summed E-state index contributed by atoms with van der Waals surface area (Å²) in [6.45, 7) is 4.41. The second kappa shape index (κ2) is 7.67. The van der Waals surface area contributed by atoms with Gasteiger partial charge in [0.2, 0.25) is 0 Å². The first kappa shape index (κ1) is 13.5. The summed E-state index contributed by atoms with van der Waals surface area (Å²) >= 11 is 0. The van der Waals surface area contributed by atoms with Crippen molar-refractivity contribution >= 4 is 5.69 Å². The zero-order valence-corrected chi connectivity index (χ0v) is 10.7. The molecule has 92 valence electrons. The third kappa shape index (κ3) is 4.86. The van der Waals surface area contributed by atoms with Gasteiger partial charge < -0.3 is 5.32 Å². The topological polar surface area (TPSA) is 48.7 Å². The second-order valence-corrected chi connectivity index (χ2v) is 4.31. The highest BCUT2D eigenvalue weighted by Crippen LogP contribution is 2.15. The van der Waals surface area contributed by atoms with E-state index in [1.165, 1.54) is 32.1 Å². The van der Waals surface area contributed by atoms with Crippen molar-refractivity contribution in [2.24, 2.45) is 0 Å². The fourth-order valence-corrected chi connectivity index (χ4v) is 1.90. The van der Waals surface area contributed by atoms with Crippen LogP contribution in [0.3, 0.4) is 0 Å². The van der Waals surface area contributed by atoms with Crippen LogP contribution in [-0.2, 0) is 0 Å². The predicted octanol–water partition coefficient (Wildman–Crippen LogP) is 3.72. The van der Waals surface area contributed by atoms with Crippen LogP contribution in [0.2, 0.25) is 0 Å². The molecule has 0 fully saturated rings. The lowest BCUT2D eigenvalue weighted by atomic mass is 10.0. The van der Waals surface area contributed by atoms with Gasteiger partial charge in [0.25, 0.3) is 0 Å². The van der Waals surface area contributed by atoms with Gasteiger partial charge in [0.05, 0.1) is 0 Å². The van der Waals surface area contributed by atoms with E-state index in [1.54, 1.807) is 6.20 Å². The van der Waals surface area contributed by atoms with E-state index < -0.39 is 0 Å². The van der Waals surface area contributed by atoms with E-state index in [-0.39, 0.29) is 0 Å². The molecular formula is C14H21N3. The van der Waals surface area contributed by atoms with Crippen molar-refractivity contribution in [3.63, 3.8) is 0 Å². The first-order chi connectivity index (χ1) is 8.30. The average molecular weight is 231 g/mol. The molecule has 1 aromatic heterocycles. The Balaban J connectivity index is 2.61. The molecule has 17 heavy (non-hydrogen) atoms. The minimum atomic E-state index is 0.473. The highest BCUT2D eigenvalue weighted by atomic mass is 14.9. The molecule has 0 saturated carbocycles. The summed E-state index contributed by atoms with van der Waals surface area (Å²) in [5.41, 5.74) is 1.48. The second-order valence-electron chi connectivity index (χ2n) is 4.31. The van der Waals surface area contributed by atoms with Gasteiger partial charge in [-0.2, -0.15) is 5.26 Å². The third-order valence-corrected chi connectivity index (χ3v) is 2.79. The highest BCUT2D eigenvalue weighted by Gasteiger charge is 2.07. The van der Waals surface area contributed by atoms with E-state index in [0.29, 0.717) is 11.7 Å².